The molecule has 0 fully saturated rings. The minimum atomic E-state index is -1.19. The minimum absolute atomic E-state index is 0.141. The molecule has 1 aromatic heterocycles. The van der Waals surface area contributed by atoms with Crippen LogP contribution in [0.2, 0.25) is 0 Å². The van der Waals surface area contributed by atoms with Gasteiger partial charge >= 0.3 is 5.97 Å². The van der Waals surface area contributed by atoms with E-state index in [4.69, 9.17) is 10.8 Å². The molecule has 0 aliphatic rings. The van der Waals surface area contributed by atoms with Gasteiger partial charge in [0.05, 0.1) is 11.2 Å². The summed E-state index contributed by atoms with van der Waals surface area (Å²) in [7, 11) is 0. The van der Waals surface area contributed by atoms with Gasteiger partial charge in [0.15, 0.2) is 5.43 Å². The van der Waals surface area contributed by atoms with Crippen LogP contribution >= 0.6 is 0 Å². The third-order valence-corrected chi connectivity index (χ3v) is 3.66. The molecule has 1 heterocycles. The molecule has 23 heavy (non-hydrogen) atoms. The van der Waals surface area contributed by atoms with Gasteiger partial charge in [-0.1, -0.05) is 18.2 Å². The highest BCUT2D eigenvalue weighted by atomic mass is 16.4. The molecule has 0 spiro atoms. The Hall–Kier alpha value is -3.28. The number of H-pyrrole nitrogens is 1. The average Bonchev–Trinajstić information content (AvgIpc) is 2.52. The summed E-state index contributed by atoms with van der Waals surface area (Å²) in [6, 6.07) is 12.8. The van der Waals surface area contributed by atoms with Gasteiger partial charge < -0.3 is 21.1 Å². The maximum atomic E-state index is 12.4. The molecular formula is C17H15N3O3. The number of carbonyl (C=O) groups is 1. The van der Waals surface area contributed by atoms with E-state index in [1.807, 2.05) is 30.3 Å². The summed E-state index contributed by atoms with van der Waals surface area (Å²) in [6.45, 7) is 1.48. The number of benzene rings is 2. The first-order valence-corrected chi connectivity index (χ1v) is 6.99. The fourth-order valence-electron chi connectivity index (χ4n) is 2.49. The summed E-state index contributed by atoms with van der Waals surface area (Å²) in [5.41, 5.74) is 7.82. The monoisotopic (exact) mass is 309 g/mol. The van der Waals surface area contributed by atoms with Gasteiger partial charge in [0.1, 0.15) is 5.69 Å². The number of aromatic carboxylic acids is 1. The van der Waals surface area contributed by atoms with Crippen LogP contribution in [-0.2, 0) is 0 Å². The number of hydrogen-bond donors (Lipinski definition) is 4. The number of carboxylic acids is 1. The summed E-state index contributed by atoms with van der Waals surface area (Å²) >= 11 is 0. The predicted molar refractivity (Wildman–Crippen MR) is 90.4 cm³/mol. The van der Waals surface area contributed by atoms with Crippen LogP contribution < -0.4 is 16.5 Å². The van der Waals surface area contributed by atoms with E-state index in [2.05, 4.69) is 10.3 Å². The Kier molecular flexibility index (Phi) is 3.50. The van der Waals surface area contributed by atoms with Crippen LogP contribution in [0.1, 0.15) is 16.1 Å². The largest absolute Gasteiger partial charge is 0.477 e. The highest BCUT2D eigenvalue weighted by Crippen LogP contribution is 2.26. The van der Waals surface area contributed by atoms with Crippen molar-refractivity contribution in [3.05, 3.63) is 63.9 Å². The number of nitrogens with two attached hydrogens (primary N) is 1. The Morgan fingerprint density at radius 2 is 1.87 bits per heavy atom. The van der Waals surface area contributed by atoms with Crippen molar-refractivity contribution >= 4 is 33.9 Å². The van der Waals surface area contributed by atoms with Gasteiger partial charge in [-0.2, -0.15) is 0 Å². The number of aromatic nitrogens is 1. The van der Waals surface area contributed by atoms with E-state index in [9.17, 15) is 9.59 Å². The van der Waals surface area contributed by atoms with Gasteiger partial charge in [-0.15, -0.1) is 0 Å². The molecule has 0 bridgehead atoms. The lowest BCUT2D eigenvalue weighted by molar-refractivity contribution is 0.0690. The van der Waals surface area contributed by atoms with Crippen LogP contribution in [0.3, 0.4) is 0 Å². The van der Waals surface area contributed by atoms with Crippen LogP contribution in [0.15, 0.2) is 47.3 Å². The standard InChI is InChI=1S/C17H15N3O3/c1-9-14(17(22)23)20-15-12(16(9)21)7-11(8-13(15)18)19-10-5-3-2-4-6-10/h2-8,19H,18H2,1H3,(H,20,21)(H,22,23). The van der Waals surface area contributed by atoms with Gasteiger partial charge in [-0.25, -0.2) is 4.79 Å². The molecule has 0 atom stereocenters. The molecule has 0 aliphatic heterocycles. The van der Waals surface area contributed by atoms with Crippen LogP contribution in [0.5, 0.6) is 0 Å². The van der Waals surface area contributed by atoms with Crippen LogP contribution in [0, 0.1) is 6.92 Å². The van der Waals surface area contributed by atoms with Crippen molar-refractivity contribution in [1.82, 2.24) is 4.98 Å². The Labute approximate surface area is 131 Å². The smallest absolute Gasteiger partial charge is 0.352 e. The third-order valence-electron chi connectivity index (χ3n) is 3.66. The molecule has 116 valence electrons. The highest BCUT2D eigenvalue weighted by Gasteiger charge is 2.15. The Balaban J connectivity index is 2.19. The molecule has 0 aliphatic carbocycles. The first kappa shape index (κ1) is 14.6. The van der Waals surface area contributed by atoms with Crippen LogP contribution in [-0.4, -0.2) is 16.1 Å². The summed E-state index contributed by atoms with van der Waals surface area (Å²) in [6.07, 6.45) is 0. The van der Waals surface area contributed by atoms with E-state index < -0.39 is 5.97 Å². The zero-order chi connectivity index (χ0) is 16.6. The van der Waals surface area contributed by atoms with E-state index in [0.29, 0.717) is 22.3 Å². The summed E-state index contributed by atoms with van der Waals surface area (Å²) in [5, 5.41) is 12.7. The Morgan fingerprint density at radius 3 is 2.52 bits per heavy atom. The van der Waals surface area contributed by atoms with Crippen LogP contribution in [0.25, 0.3) is 10.9 Å². The molecule has 0 radical (unpaired) electrons. The van der Waals surface area contributed by atoms with E-state index >= 15 is 0 Å². The zero-order valence-electron chi connectivity index (χ0n) is 12.4. The molecule has 0 amide bonds. The minimum Gasteiger partial charge on any atom is -0.477 e. The number of pyridine rings is 1. The number of hydrogen-bond acceptors (Lipinski definition) is 4. The number of para-hydroxylation sites is 1. The van der Waals surface area contributed by atoms with Crippen LogP contribution in [0.4, 0.5) is 17.1 Å². The number of anilines is 3. The van der Waals surface area contributed by atoms with Crippen molar-refractivity contribution in [2.45, 2.75) is 6.92 Å². The summed E-state index contributed by atoms with van der Waals surface area (Å²) < 4.78 is 0. The van der Waals surface area contributed by atoms with Gasteiger partial charge in [0.25, 0.3) is 0 Å². The van der Waals surface area contributed by atoms with Gasteiger partial charge in [-0.05, 0) is 31.2 Å². The van der Waals surface area contributed by atoms with E-state index in [-0.39, 0.29) is 16.7 Å². The van der Waals surface area contributed by atoms with Crippen molar-refractivity contribution in [2.24, 2.45) is 0 Å². The summed E-state index contributed by atoms with van der Waals surface area (Å²) in [5.74, 6) is -1.19. The Bertz CT molecular complexity index is 962. The highest BCUT2D eigenvalue weighted by molar-refractivity contribution is 5.97. The quantitative estimate of drug-likeness (QED) is 0.556. The number of nitrogen functional groups attached to an aromatic ring is 1. The molecule has 0 saturated carbocycles. The van der Waals surface area contributed by atoms with Gasteiger partial charge in [0, 0.05) is 22.3 Å². The SMILES string of the molecule is Cc1c(C(=O)O)[nH]c2c(N)cc(Nc3ccccc3)cc2c1=O. The number of fused-ring (bicyclic) bond motifs is 1. The van der Waals surface area contributed by atoms with E-state index in [0.717, 1.165) is 5.69 Å². The molecule has 6 heteroatoms. The maximum Gasteiger partial charge on any atom is 0.352 e. The first-order valence-electron chi connectivity index (χ1n) is 6.99. The Morgan fingerprint density at radius 1 is 1.17 bits per heavy atom. The van der Waals surface area contributed by atoms with Gasteiger partial charge in [0.2, 0.25) is 0 Å². The normalized spacial score (nSPS) is 10.7. The molecule has 2 aromatic carbocycles. The number of rotatable bonds is 3. The average molecular weight is 309 g/mol. The lowest BCUT2D eigenvalue weighted by Gasteiger charge is -2.11. The van der Waals surface area contributed by atoms with E-state index in [1.54, 1.807) is 12.1 Å². The third kappa shape index (κ3) is 2.62. The first-order chi connectivity index (χ1) is 11.0. The number of carboxylic acid groups (broad SMARTS) is 1. The fourth-order valence-corrected chi connectivity index (χ4v) is 2.49. The lowest BCUT2D eigenvalue weighted by Crippen LogP contribution is -2.16. The van der Waals surface area contributed by atoms with Crippen molar-refractivity contribution < 1.29 is 9.90 Å². The molecule has 6 nitrogen and oxygen atoms in total. The second kappa shape index (κ2) is 5.49. The summed E-state index contributed by atoms with van der Waals surface area (Å²) in [4.78, 5) is 26.4. The van der Waals surface area contributed by atoms with Crippen molar-refractivity contribution in [2.75, 3.05) is 11.1 Å². The molecule has 3 rings (SSSR count). The second-order valence-electron chi connectivity index (χ2n) is 5.24. The number of aromatic amines is 1. The second-order valence-corrected chi connectivity index (χ2v) is 5.24. The maximum absolute atomic E-state index is 12.4. The predicted octanol–water partition coefficient (Wildman–Crippen LogP) is 2.86. The molecule has 0 unspecified atom stereocenters. The van der Waals surface area contributed by atoms with Gasteiger partial charge in [-0.3, -0.25) is 4.79 Å². The van der Waals surface area contributed by atoms with E-state index in [1.165, 1.54) is 6.92 Å². The number of nitrogens with one attached hydrogen (secondary N) is 2. The van der Waals surface area contributed by atoms with Crippen molar-refractivity contribution in [3.8, 4) is 0 Å². The van der Waals surface area contributed by atoms with Crippen molar-refractivity contribution in [1.29, 1.82) is 0 Å². The zero-order valence-corrected chi connectivity index (χ0v) is 12.4. The molecule has 3 aromatic rings. The topological polar surface area (TPSA) is 108 Å². The lowest BCUT2D eigenvalue weighted by atomic mass is 10.1. The molecular weight excluding hydrogens is 294 g/mol. The molecule has 5 N–H and O–H groups in total. The molecule has 0 saturated heterocycles. The van der Waals surface area contributed by atoms with Crippen molar-refractivity contribution in [3.63, 3.8) is 0 Å². The fraction of sp³-hybridized carbons (Fsp3) is 0.0588.